The van der Waals surface area contributed by atoms with Crippen LogP contribution in [0, 0.1) is 10.8 Å². The molecule has 0 unspecified atom stereocenters. The smallest absolute Gasteiger partial charge is 0.226 e. The van der Waals surface area contributed by atoms with E-state index in [1.54, 1.807) is 27.7 Å². The molecular weight excluding hydrogens is 286 g/mol. The van der Waals surface area contributed by atoms with Gasteiger partial charge in [0.2, 0.25) is 18.2 Å². The number of Topliss-reactive ketones (excluding diaryl/α,β-unsaturated/α-hetero) is 1. The summed E-state index contributed by atoms with van der Waals surface area (Å²) in [7, 11) is 0. The molecule has 0 spiro atoms. The van der Waals surface area contributed by atoms with Crippen molar-refractivity contribution < 1.29 is 19.2 Å². The SMILES string of the molecule is CC(=O)CNC(=O)C(C)(C)CC(C)(C)C(=O)NCCNC=O. The van der Waals surface area contributed by atoms with Crippen LogP contribution in [-0.4, -0.2) is 43.6 Å². The first-order chi connectivity index (χ1) is 10.0. The number of amides is 3. The quantitative estimate of drug-likeness (QED) is 0.390. The maximum absolute atomic E-state index is 12.2. The summed E-state index contributed by atoms with van der Waals surface area (Å²) in [4.78, 5) is 45.4. The van der Waals surface area contributed by atoms with Crippen molar-refractivity contribution in [1.82, 2.24) is 16.0 Å². The minimum Gasteiger partial charge on any atom is -0.357 e. The number of nitrogens with one attached hydrogen (secondary N) is 3. The fourth-order valence-corrected chi connectivity index (χ4v) is 2.26. The molecule has 0 bridgehead atoms. The summed E-state index contributed by atoms with van der Waals surface area (Å²) in [6.45, 7) is 9.08. The summed E-state index contributed by atoms with van der Waals surface area (Å²) in [5.74, 6) is -0.567. The molecule has 0 fully saturated rings. The zero-order valence-electron chi connectivity index (χ0n) is 14.0. The van der Waals surface area contributed by atoms with E-state index >= 15 is 0 Å². The molecule has 0 heterocycles. The summed E-state index contributed by atoms with van der Waals surface area (Å²) in [6, 6.07) is 0. The molecule has 0 aromatic carbocycles. The van der Waals surface area contributed by atoms with Crippen LogP contribution in [0.3, 0.4) is 0 Å². The molecule has 3 N–H and O–H groups in total. The summed E-state index contributed by atoms with van der Waals surface area (Å²) in [6.07, 6.45) is 0.899. The van der Waals surface area contributed by atoms with Gasteiger partial charge in [-0.1, -0.05) is 27.7 Å². The molecule has 0 atom stereocenters. The third-order valence-corrected chi connectivity index (χ3v) is 3.25. The molecule has 126 valence electrons. The molecule has 0 aliphatic carbocycles. The third kappa shape index (κ3) is 7.19. The highest BCUT2D eigenvalue weighted by molar-refractivity contribution is 5.88. The average molecular weight is 313 g/mol. The van der Waals surface area contributed by atoms with Crippen molar-refractivity contribution >= 4 is 24.0 Å². The Kier molecular flexibility index (Phi) is 7.76. The Morgan fingerprint density at radius 1 is 0.909 bits per heavy atom. The fourth-order valence-electron chi connectivity index (χ4n) is 2.26. The predicted molar refractivity (Wildman–Crippen MR) is 82.9 cm³/mol. The second-order valence-corrected chi connectivity index (χ2v) is 6.66. The van der Waals surface area contributed by atoms with Crippen molar-refractivity contribution in [2.24, 2.45) is 10.8 Å². The summed E-state index contributed by atoms with van der Waals surface area (Å²) in [5, 5.41) is 7.76. The van der Waals surface area contributed by atoms with Crippen molar-refractivity contribution in [2.45, 2.75) is 41.0 Å². The second-order valence-electron chi connectivity index (χ2n) is 6.66. The highest BCUT2D eigenvalue weighted by Gasteiger charge is 2.38. The zero-order chi connectivity index (χ0) is 17.4. The van der Waals surface area contributed by atoms with Gasteiger partial charge in [-0.3, -0.25) is 19.2 Å². The molecule has 0 aliphatic rings. The van der Waals surface area contributed by atoms with Gasteiger partial charge in [-0.25, -0.2) is 0 Å². The Bertz CT molecular complexity index is 431. The molecule has 0 radical (unpaired) electrons. The van der Waals surface area contributed by atoms with Crippen LogP contribution < -0.4 is 16.0 Å². The van der Waals surface area contributed by atoms with E-state index in [9.17, 15) is 19.2 Å². The number of hydrogen-bond donors (Lipinski definition) is 3. The fraction of sp³-hybridized carbons (Fsp3) is 0.733. The van der Waals surface area contributed by atoms with Gasteiger partial charge in [-0.15, -0.1) is 0 Å². The van der Waals surface area contributed by atoms with E-state index in [0.29, 0.717) is 25.9 Å². The van der Waals surface area contributed by atoms with Gasteiger partial charge in [0, 0.05) is 23.9 Å². The Hall–Kier alpha value is -1.92. The first-order valence-electron chi connectivity index (χ1n) is 7.26. The van der Waals surface area contributed by atoms with Crippen LogP contribution in [-0.2, 0) is 19.2 Å². The normalized spacial score (nSPS) is 11.5. The van der Waals surface area contributed by atoms with E-state index in [0.717, 1.165) is 0 Å². The van der Waals surface area contributed by atoms with Gasteiger partial charge >= 0.3 is 0 Å². The predicted octanol–water partition coefficient (Wildman–Crippen LogP) is -0.00370. The van der Waals surface area contributed by atoms with Gasteiger partial charge in [0.25, 0.3) is 0 Å². The Morgan fingerprint density at radius 3 is 1.86 bits per heavy atom. The molecular formula is C15H27N3O4. The zero-order valence-corrected chi connectivity index (χ0v) is 14.0. The Balaban J connectivity index is 4.57. The van der Waals surface area contributed by atoms with Gasteiger partial charge in [0.1, 0.15) is 5.78 Å². The third-order valence-electron chi connectivity index (χ3n) is 3.25. The first kappa shape index (κ1) is 20.1. The number of rotatable bonds is 10. The van der Waals surface area contributed by atoms with E-state index in [1.165, 1.54) is 6.92 Å². The van der Waals surface area contributed by atoms with Crippen molar-refractivity contribution in [3.8, 4) is 0 Å². The van der Waals surface area contributed by atoms with Crippen molar-refractivity contribution in [3.63, 3.8) is 0 Å². The van der Waals surface area contributed by atoms with Crippen molar-refractivity contribution in [1.29, 1.82) is 0 Å². The van der Waals surface area contributed by atoms with Crippen LogP contribution in [0.5, 0.6) is 0 Å². The standard InChI is InChI=1S/C15H27N3O4/c1-11(20)8-18-13(22)15(4,5)9-14(2,3)12(21)17-7-6-16-10-19/h10H,6-9H2,1-5H3,(H,16,19)(H,17,21)(H,18,22). The second kappa shape index (κ2) is 8.51. The molecule has 22 heavy (non-hydrogen) atoms. The van der Waals surface area contributed by atoms with Crippen LogP contribution in [0.4, 0.5) is 0 Å². The maximum Gasteiger partial charge on any atom is 0.226 e. The lowest BCUT2D eigenvalue weighted by Gasteiger charge is -2.32. The minimum atomic E-state index is -0.780. The lowest BCUT2D eigenvalue weighted by atomic mass is 9.74. The summed E-state index contributed by atoms with van der Waals surface area (Å²) >= 11 is 0. The highest BCUT2D eigenvalue weighted by Crippen LogP contribution is 2.34. The number of ketones is 1. The van der Waals surface area contributed by atoms with Gasteiger partial charge in [-0.2, -0.15) is 0 Å². The van der Waals surface area contributed by atoms with Crippen LogP contribution in [0.15, 0.2) is 0 Å². The van der Waals surface area contributed by atoms with Crippen molar-refractivity contribution in [2.75, 3.05) is 19.6 Å². The van der Waals surface area contributed by atoms with Crippen molar-refractivity contribution in [3.05, 3.63) is 0 Å². The van der Waals surface area contributed by atoms with Crippen LogP contribution in [0.2, 0.25) is 0 Å². The topological polar surface area (TPSA) is 104 Å². The van der Waals surface area contributed by atoms with Gasteiger partial charge in [0.05, 0.1) is 6.54 Å². The number of carbonyl (C=O) groups is 4. The van der Waals surface area contributed by atoms with Crippen LogP contribution in [0.1, 0.15) is 41.0 Å². The largest absolute Gasteiger partial charge is 0.357 e. The van der Waals surface area contributed by atoms with E-state index in [4.69, 9.17) is 0 Å². The van der Waals surface area contributed by atoms with Gasteiger partial charge in [-0.05, 0) is 13.3 Å². The lowest BCUT2D eigenvalue weighted by Crippen LogP contribution is -2.46. The first-order valence-corrected chi connectivity index (χ1v) is 7.26. The summed E-state index contributed by atoms with van der Waals surface area (Å²) < 4.78 is 0. The lowest BCUT2D eigenvalue weighted by molar-refractivity contribution is -0.136. The molecule has 0 aliphatic heterocycles. The molecule has 7 nitrogen and oxygen atoms in total. The molecule has 3 amide bonds. The minimum absolute atomic E-state index is 0.00769. The van der Waals surface area contributed by atoms with E-state index < -0.39 is 10.8 Å². The molecule has 0 saturated heterocycles. The van der Waals surface area contributed by atoms with Gasteiger partial charge < -0.3 is 16.0 Å². The number of carbonyl (C=O) groups excluding carboxylic acids is 4. The highest BCUT2D eigenvalue weighted by atomic mass is 16.2. The van der Waals surface area contributed by atoms with E-state index in [-0.39, 0.29) is 24.1 Å². The number of hydrogen-bond acceptors (Lipinski definition) is 4. The maximum atomic E-state index is 12.2. The molecule has 0 aromatic heterocycles. The van der Waals surface area contributed by atoms with Crippen LogP contribution in [0.25, 0.3) is 0 Å². The Labute approximate surface area is 131 Å². The molecule has 0 saturated carbocycles. The summed E-state index contributed by atoms with van der Waals surface area (Å²) in [5.41, 5.74) is -1.53. The Morgan fingerprint density at radius 2 is 1.41 bits per heavy atom. The van der Waals surface area contributed by atoms with E-state index in [1.807, 2.05) is 0 Å². The monoisotopic (exact) mass is 313 g/mol. The van der Waals surface area contributed by atoms with E-state index in [2.05, 4.69) is 16.0 Å². The molecule has 0 rings (SSSR count). The van der Waals surface area contributed by atoms with Gasteiger partial charge in [0.15, 0.2) is 0 Å². The average Bonchev–Trinajstić information content (AvgIpc) is 2.39. The molecule has 7 heteroatoms. The molecule has 0 aromatic rings. The van der Waals surface area contributed by atoms with Crippen LogP contribution >= 0.6 is 0 Å².